The summed E-state index contributed by atoms with van der Waals surface area (Å²) in [6.07, 6.45) is -0.126. The summed E-state index contributed by atoms with van der Waals surface area (Å²) in [5, 5.41) is 2.96. The summed E-state index contributed by atoms with van der Waals surface area (Å²) in [5.74, 6) is -0.180. The maximum Gasteiger partial charge on any atom is 0.573 e. The van der Waals surface area contributed by atoms with Gasteiger partial charge in [-0.3, -0.25) is 4.79 Å². The highest BCUT2D eigenvalue weighted by Gasteiger charge is 2.31. The van der Waals surface area contributed by atoms with E-state index in [1.54, 1.807) is 11.0 Å². The first kappa shape index (κ1) is 22.8. The number of rotatable bonds is 6. The van der Waals surface area contributed by atoms with Crippen molar-refractivity contribution in [2.24, 2.45) is 0 Å². The maximum atomic E-state index is 12.6. The molecule has 1 fully saturated rings. The number of carbonyl (C=O) groups is 1. The molecule has 3 rings (SSSR count). The number of aromatic nitrogens is 2. The van der Waals surface area contributed by atoms with Crippen molar-refractivity contribution in [3.8, 4) is 5.75 Å². The topological polar surface area (TPSA) is 76.6 Å². The van der Waals surface area contributed by atoms with Crippen LogP contribution in [0.15, 0.2) is 30.6 Å². The molecule has 1 saturated heterocycles. The number of nitrogens with one attached hydrogen (secondary N) is 1. The fraction of sp³-hybridized carbons (Fsp3) is 0.476. The fourth-order valence-corrected chi connectivity index (χ4v) is 3.11. The van der Waals surface area contributed by atoms with Gasteiger partial charge in [-0.1, -0.05) is 19.9 Å². The van der Waals surface area contributed by atoms with E-state index in [0.717, 1.165) is 18.4 Å². The van der Waals surface area contributed by atoms with E-state index >= 15 is 0 Å². The van der Waals surface area contributed by atoms with E-state index in [0.29, 0.717) is 24.3 Å². The zero-order chi connectivity index (χ0) is 22.4. The number of ether oxygens (including phenoxy) is 2. The van der Waals surface area contributed by atoms with Crippen molar-refractivity contribution >= 4 is 11.9 Å². The molecule has 0 unspecified atom stereocenters. The summed E-state index contributed by atoms with van der Waals surface area (Å²) in [6, 6.07) is 4.51. The molecule has 2 aromatic rings. The van der Waals surface area contributed by atoms with Crippen LogP contribution < -0.4 is 10.1 Å². The van der Waals surface area contributed by atoms with Gasteiger partial charge in [-0.05, 0) is 42.0 Å². The van der Waals surface area contributed by atoms with Crippen molar-refractivity contribution < 1.29 is 28.9 Å². The van der Waals surface area contributed by atoms with Crippen molar-refractivity contribution in [3.05, 3.63) is 47.3 Å². The molecule has 31 heavy (non-hydrogen) atoms. The highest BCUT2D eigenvalue weighted by atomic mass is 19.4. The predicted octanol–water partition coefficient (Wildman–Crippen LogP) is 4.57. The Morgan fingerprint density at radius 2 is 2.00 bits per heavy atom. The second-order valence-electron chi connectivity index (χ2n) is 7.57. The van der Waals surface area contributed by atoms with Gasteiger partial charge in [0.05, 0.1) is 5.56 Å². The van der Waals surface area contributed by atoms with Crippen LogP contribution in [-0.2, 0) is 11.3 Å². The third-order valence-corrected chi connectivity index (χ3v) is 4.74. The number of halogens is 3. The molecule has 1 aliphatic heterocycles. The van der Waals surface area contributed by atoms with Gasteiger partial charge in [0.2, 0.25) is 5.95 Å². The highest BCUT2D eigenvalue weighted by Crippen LogP contribution is 2.28. The van der Waals surface area contributed by atoms with Crippen molar-refractivity contribution in [2.75, 3.05) is 25.2 Å². The molecule has 0 aliphatic carbocycles. The van der Waals surface area contributed by atoms with Gasteiger partial charge in [0.25, 0.3) is 5.91 Å². The SMILES string of the molecule is CC(C)c1cc(CNc2ncc(C(=O)N3CCCCOC3)cn2)cc(OC(F)(F)F)c1.[HH]. The lowest BCUT2D eigenvalue weighted by molar-refractivity contribution is -0.274. The Hall–Kier alpha value is -2.88. The summed E-state index contributed by atoms with van der Waals surface area (Å²) in [4.78, 5) is 22.4. The third kappa shape index (κ3) is 6.81. The number of amides is 1. The Bertz CT molecular complexity index is 887. The van der Waals surface area contributed by atoms with Crippen LogP contribution in [0, 0.1) is 0 Å². The van der Waals surface area contributed by atoms with Gasteiger partial charge in [-0.2, -0.15) is 0 Å². The van der Waals surface area contributed by atoms with Crippen LogP contribution in [0.25, 0.3) is 0 Å². The van der Waals surface area contributed by atoms with Gasteiger partial charge < -0.3 is 19.7 Å². The summed E-state index contributed by atoms with van der Waals surface area (Å²) in [5.41, 5.74) is 1.66. The summed E-state index contributed by atoms with van der Waals surface area (Å²) < 4.78 is 47.3. The molecule has 0 spiro atoms. The van der Waals surface area contributed by atoms with Crippen LogP contribution in [0.4, 0.5) is 19.1 Å². The molecule has 0 atom stereocenters. The van der Waals surface area contributed by atoms with Crippen LogP contribution in [0.1, 0.15) is 55.5 Å². The Labute approximate surface area is 180 Å². The molecule has 1 aromatic heterocycles. The second kappa shape index (κ2) is 9.95. The van der Waals surface area contributed by atoms with Crippen molar-refractivity contribution in [1.29, 1.82) is 0 Å². The molecule has 1 amide bonds. The van der Waals surface area contributed by atoms with Gasteiger partial charge in [-0.25, -0.2) is 9.97 Å². The zero-order valence-corrected chi connectivity index (χ0v) is 17.4. The standard InChI is InChI=1S/C21H25F3N4O3.H2/c1-14(2)16-7-15(8-18(9-16)31-21(22,23)24)10-25-20-26-11-17(12-27-20)19(29)28-5-3-4-6-30-13-28;/h7-9,11-12,14H,3-6,10,13H2,1-2H3,(H,25,26,27);1H. The molecular weight excluding hydrogens is 413 g/mol. The lowest BCUT2D eigenvalue weighted by Gasteiger charge is -2.19. The summed E-state index contributed by atoms with van der Waals surface area (Å²) >= 11 is 0. The predicted molar refractivity (Wildman–Crippen MR) is 110 cm³/mol. The molecule has 1 aromatic carbocycles. The van der Waals surface area contributed by atoms with E-state index in [4.69, 9.17) is 4.74 Å². The zero-order valence-electron chi connectivity index (χ0n) is 17.4. The molecule has 0 saturated carbocycles. The van der Waals surface area contributed by atoms with E-state index in [1.807, 2.05) is 13.8 Å². The number of benzene rings is 1. The first-order chi connectivity index (χ1) is 14.7. The average Bonchev–Trinajstić information content (AvgIpc) is 3.00. The highest BCUT2D eigenvalue weighted by molar-refractivity contribution is 5.93. The average molecular weight is 440 g/mol. The maximum absolute atomic E-state index is 12.6. The molecule has 7 nitrogen and oxygen atoms in total. The molecular formula is C21H27F3N4O3. The molecule has 1 N–H and O–H groups in total. The van der Waals surface area contributed by atoms with Crippen LogP contribution in [0.5, 0.6) is 5.75 Å². The second-order valence-corrected chi connectivity index (χ2v) is 7.57. The minimum absolute atomic E-state index is 0. The van der Waals surface area contributed by atoms with Crippen LogP contribution >= 0.6 is 0 Å². The quantitative estimate of drug-likeness (QED) is 0.709. The number of hydrogen-bond acceptors (Lipinski definition) is 6. The number of hydrogen-bond donors (Lipinski definition) is 1. The first-order valence-corrected chi connectivity index (χ1v) is 10.0. The number of carbonyl (C=O) groups excluding carboxylic acids is 1. The van der Waals surface area contributed by atoms with E-state index < -0.39 is 6.36 Å². The lowest BCUT2D eigenvalue weighted by atomic mass is 10.0. The Morgan fingerprint density at radius 1 is 1.26 bits per heavy atom. The normalized spacial score (nSPS) is 15.0. The Balaban J connectivity index is 0.00000363. The number of anilines is 1. The third-order valence-electron chi connectivity index (χ3n) is 4.74. The largest absolute Gasteiger partial charge is 0.573 e. The molecule has 0 radical (unpaired) electrons. The van der Waals surface area contributed by atoms with Crippen molar-refractivity contribution in [1.82, 2.24) is 14.9 Å². The monoisotopic (exact) mass is 440 g/mol. The molecule has 1 aliphatic rings. The van der Waals surface area contributed by atoms with Crippen LogP contribution in [0.3, 0.4) is 0 Å². The Kier molecular flexibility index (Phi) is 7.32. The Morgan fingerprint density at radius 3 is 2.68 bits per heavy atom. The fourth-order valence-electron chi connectivity index (χ4n) is 3.11. The van der Waals surface area contributed by atoms with Crippen molar-refractivity contribution in [3.63, 3.8) is 0 Å². The molecule has 170 valence electrons. The summed E-state index contributed by atoms with van der Waals surface area (Å²) in [7, 11) is 0. The minimum Gasteiger partial charge on any atom is -0.406 e. The molecule has 0 bridgehead atoms. The van der Waals surface area contributed by atoms with Crippen LogP contribution in [-0.4, -0.2) is 47.0 Å². The van der Waals surface area contributed by atoms with Gasteiger partial charge in [0.1, 0.15) is 12.5 Å². The van der Waals surface area contributed by atoms with E-state index in [2.05, 4.69) is 20.0 Å². The van der Waals surface area contributed by atoms with E-state index in [-0.39, 0.29) is 38.2 Å². The van der Waals surface area contributed by atoms with Crippen LogP contribution in [0.2, 0.25) is 0 Å². The van der Waals surface area contributed by atoms with Gasteiger partial charge in [0, 0.05) is 33.5 Å². The van der Waals surface area contributed by atoms with Gasteiger partial charge in [-0.15, -0.1) is 13.2 Å². The number of alkyl halides is 3. The molecule has 10 heteroatoms. The molecule has 2 heterocycles. The van der Waals surface area contributed by atoms with E-state index in [1.165, 1.54) is 24.5 Å². The first-order valence-electron chi connectivity index (χ1n) is 10.0. The smallest absolute Gasteiger partial charge is 0.406 e. The number of nitrogens with zero attached hydrogens (tertiary/aromatic N) is 3. The van der Waals surface area contributed by atoms with E-state index in [9.17, 15) is 18.0 Å². The summed E-state index contributed by atoms with van der Waals surface area (Å²) in [6.45, 7) is 5.47. The minimum atomic E-state index is -4.76. The van der Waals surface area contributed by atoms with Gasteiger partial charge >= 0.3 is 6.36 Å². The van der Waals surface area contributed by atoms with Crippen molar-refractivity contribution in [2.45, 2.75) is 45.5 Å². The lowest BCUT2D eigenvalue weighted by Crippen LogP contribution is -2.32. The van der Waals surface area contributed by atoms with Gasteiger partial charge in [0.15, 0.2) is 0 Å².